The SMILES string of the molecule is C=CCOC(C)C(=O)OCC(=O)NC(=O)NCC(F)(F)F. The van der Waals surface area contributed by atoms with E-state index < -0.39 is 43.3 Å². The molecule has 1 atom stereocenters. The number of nitrogens with one attached hydrogen (secondary N) is 2. The van der Waals surface area contributed by atoms with Crippen molar-refractivity contribution in [3.8, 4) is 0 Å². The molecule has 2 N–H and O–H groups in total. The summed E-state index contributed by atoms with van der Waals surface area (Å²) in [5.74, 6) is -1.93. The predicted octanol–water partition coefficient (Wildman–Crippen LogP) is 0.509. The first-order valence-electron chi connectivity index (χ1n) is 5.69. The minimum atomic E-state index is -4.59. The molecule has 0 aromatic rings. The summed E-state index contributed by atoms with van der Waals surface area (Å²) in [5, 5.41) is 2.99. The standard InChI is InChI=1S/C11H15F3N2O5/c1-3-4-20-7(2)9(18)21-5-8(17)16-10(19)15-6-11(12,13)14/h3,7H,1,4-6H2,2H3,(H2,15,16,17,19). The van der Waals surface area contributed by atoms with Gasteiger partial charge in [-0.2, -0.15) is 13.2 Å². The number of ether oxygens (including phenoxy) is 2. The first-order chi connectivity index (χ1) is 9.65. The Bertz CT molecular complexity index is 398. The molecule has 0 heterocycles. The van der Waals surface area contributed by atoms with Crippen LogP contribution in [0.5, 0.6) is 0 Å². The van der Waals surface area contributed by atoms with Crippen LogP contribution in [0.15, 0.2) is 12.7 Å². The van der Waals surface area contributed by atoms with Gasteiger partial charge >= 0.3 is 18.2 Å². The van der Waals surface area contributed by atoms with E-state index in [1.807, 2.05) is 0 Å². The van der Waals surface area contributed by atoms with Crippen molar-refractivity contribution in [3.63, 3.8) is 0 Å². The van der Waals surface area contributed by atoms with E-state index in [0.29, 0.717) is 0 Å². The number of alkyl halides is 3. The Hall–Kier alpha value is -2.10. The molecule has 7 nitrogen and oxygen atoms in total. The van der Waals surface area contributed by atoms with Gasteiger partial charge in [-0.05, 0) is 6.92 Å². The summed E-state index contributed by atoms with van der Waals surface area (Å²) in [6, 6.07) is -1.34. The summed E-state index contributed by atoms with van der Waals surface area (Å²) >= 11 is 0. The fourth-order valence-electron chi connectivity index (χ4n) is 0.922. The largest absolute Gasteiger partial charge is 0.454 e. The number of hydrogen-bond acceptors (Lipinski definition) is 5. The highest BCUT2D eigenvalue weighted by molar-refractivity contribution is 5.95. The van der Waals surface area contributed by atoms with Crippen LogP contribution in [0.4, 0.5) is 18.0 Å². The van der Waals surface area contributed by atoms with Crippen molar-refractivity contribution in [1.29, 1.82) is 0 Å². The number of carbonyl (C=O) groups excluding carboxylic acids is 3. The second kappa shape index (κ2) is 8.95. The Labute approximate surface area is 118 Å². The van der Waals surface area contributed by atoms with E-state index in [1.54, 1.807) is 5.32 Å². The minimum absolute atomic E-state index is 0.0995. The molecule has 0 aliphatic rings. The fourth-order valence-corrected chi connectivity index (χ4v) is 0.922. The Morgan fingerprint density at radius 1 is 1.33 bits per heavy atom. The van der Waals surface area contributed by atoms with E-state index >= 15 is 0 Å². The van der Waals surface area contributed by atoms with Crippen molar-refractivity contribution in [2.75, 3.05) is 19.8 Å². The van der Waals surface area contributed by atoms with Crippen molar-refractivity contribution >= 4 is 17.9 Å². The van der Waals surface area contributed by atoms with Crippen LogP contribution in [-0.4, -0.2) is 49.9 Å². The van der Waals surface area contributed by atoms with E-state index in [4.69, 9.17) is 4.74 Å². The highest BCUT2D eigenvalue weighted by Gasteiger charge is 2.28. The average Bonchev–Trinajstić information content (AvgIpc) is 2.39. The number of imide groups is 1. The molecule has 0 rings (SSSR count). The summed E-state index contributed by atoms with van der Waals surface area (Å²) in [7, 11) is 0. The Morgan fingerprint density at radius 2 is 1.95 bits per heavy atom. The molecule has 21 heavy (non-hydrogen) atoms. The van der Waals surface area contributed by atoms with E-state index in [0.717, 1.165) is 0 Å². The molecule has 0 aliphatic heterocycles. The average molecular weight is 312 g/mol. The van der Waals surface area contributed by atoms with Gasteiger partial charge < -0.3 is 14.8 Å². The minimum Gasteiger partial charge on any atom is -0.454 e. The molecule has 10 heteroatoms. The molecule has 0 aliphatic carbocycles. The monoisotopic (exact) mass is 312 g/mol. The first kappa shape index (κ1) is 18.9. The molecular formula is C11H15F3N2O5. The van der Waals surface area contributed by atoms with Gasteiger partial charge in [0.1, 0.15) is 6.54 Å². The molecule has 0 radical (unpaired) electrons. The molecule has 0 saturated heterocycles. The van der Waals surface area contributed by atoms with Crippen molar-refractivity contribution < 1.29 is 37.0 Å². The lowest BCUT2D eigenvalue weighted by Gasteiger charge is -2.12. The molecule has 0 saturated carbocycles. The number of amides is 3. The smallest absolute Gasteiger partial charge is 0.405 e. The highest BCUT2D eigenvalue weighted by atomic mass is 19.4. The van der Waals surface area contributed by atoms with E-state index in [2.05, 4.69) is 11.3 Å². The van der Waals surface area contributed by atoms with Gasteiger partial charge in [-0.15, -0.1) is 6.58 Å². The summed E-state index contributed by atoms with van der Waals surface area (Å²) in [6.07, 6.45) is -4.14. The highest BCUT2D eigenvalue weighted by Crippen LogP contribution is 2.11. The molecule has 0 fully saturated rings. The van der Waals surface area contributed by atoms with Crippen LogP contribution in [0.3, 0.4) is 0 Å². The van der Waals surface area contributed by atoms with Gasteiger partial charge in [0.2, 0.25) is 0 Å². The lowest BCUT2D eigenvalue weighted by molar-refractivity contribution is -0.158. The third kappa shape index (κ3) is 10.4. The van der Waals surface area contributed by atoms with Crippen molar-refractivity contribution in [2.24, 2.45) is 0 Å². The van der Waals surface area contributed by atoms with Gasteiger partial charge in [-0.3, -0.25) is 10.1 Å². The number of carbonyl (C=O) groups is 3. The second-order valence-electron chi connectivity index (χ2n) is 3.72. The van der Waals surface area contributed by atoms with Crippen LogP contribution in [0.1, 0.15) is 6.92 Å². The maximum atomic E-state index is 11.8. The summed E-state index contributed by atoms with van der Waals surface area (Å²) in [6.45, 7) is 2.44. The molecule has 120 valence electrons. The van der Waals surface area contributed by atoms with E-state index in [1.165, 1.54) is 18.3 Å². The van der Waals surface area contributed by atoms with E-state index in [-0.39, 0.29) is 6.61 Å². The van der Waals surface area contributed by atoms with E-state index in [9.17, 15) is 27.6 Å². The number of urea groups is 1. The maximum Gasteiger partial charge on any atom is 0.405 e. The van der Waals surface area contributed by atoms with Crippen LogP contribution < -0.4 is 10.6 Å². The molecule has 0 aromatic carbocycles. The van der Waals surface area contributed by atoms with Gasteiger partial charge in [0.25, 0.3) is 5.91 Å². The Morgan fingerprint density at radius 3 is 2.48 bits per heavy atom. The van der Waals surface area contributed by atoms with Gasteiger partial charge in [0, 0.05) is 0 Å². The van der Waals surface area contributed by atoms with Crippen molar-refractivity contribution in [2.45, 2.75) is 19.2 Å². The molecule has 0 aromatic heterocycles. The predicted molar refractivity (Wildman–Crippen MR) is 64.2 cm³/mol. The summed E-state index contributed by atoms with van der Waals surface area (Å²) in [4.78, 5) is 33.3. The topological polar surface area (TPSA) is 93.7 Å². The van der Waals surface area contributed by atoms with Crippen LogP contribution in [-0.2, 0) is 19.1 Å². The molecule has 0 bridgehead atoms. The van der Waals surface area contributed by atoms with Crippen LogP contribution in [0.2, 0.25) is 0 Å². The second-order valence-corrected chi connectivity index (χ2v) is 3.72. The molecule has 0 spiro atoms. The lowest BCUT2D eigenvalue weighted by atomic mass is 10.4. The van der Waals surface area contributed by atoms with Gasteiger partial charge in [-0.25, -0.2) is 9.59 Å². The van der Waals surface area contributed by atoms with Crippen LogP contribution in [0.25, 0.3) is 0 Å². The van der Waals surface area contributed by atoms with Crippen LogP contribution >= 0.6 is 0 Å². The number of rotatable bonds is 7. The third-order valence-corrected chi connectivity index (χ3v) is 1.84. The van der Waals surface area contributed by atoms with Gasteiger partial charge in [-0.1, -0.05) is 6.08 Å². The number of hydrogen-bond donors (Lipinski definition) is 2. The Balaban J connectivity index is 3.96. The normalized spacial score (nSPS) is 12.2. The fraction of sp³-hybridized carbons (Fsp3) is 0.545. The number of esters is 1. The number of halogens is 3. The van der Waals surface area contributed by atoms with Gasteiger partial charge in [0.15, 0.2) is 12.7 Å². The summed E-state index contributed by atoms with van der Waals surface area (Å²) in [5.41, 5.74) is 0. The van der Waals surface area contributed by atoms with Crippen molar-refractivity contribution in [1.82, 2.24) is 10.6 Å². The van der Waals surface area contributed by atoms with Crippen LogP contribution in [0, 0.1) is 0 Å². The van der Waals surface area contributed by atoms with Gasteiger partial charge in [0.05, 0.1) is 6.61 Å². The zero-order valence-corrected chi connectivity index (χ0v) is 11.2. The lowest BCUT2D eigenvalue weighted by Crippen LogP contribution is -2.44. The summed E-state index contributed by atoms with van der Waals surface area (Å²) < 4.78 is 44.8. The molecular weight excluding hydrogens is 297 g/mol. The zero-order chi connectivity index (χ0) is 16.5. The maximum absolute atomic E-state index is 11.8. The first-order valence-corrected chi connectivity index (χ1v) is 5.69. The molecule has 3 amide bonds. The third-order valence-electron chi connectivity index (χ3n) is 1.84. The van der Waals surface area contributed by atoms with Crippen molar-refractivity contribution in [3.05, 3.63) is 12.7 Å². The quantitative estimate of drug-likeness (QED) is 0.528. The zero-order valence-electron chi connectivity index (χ0n) is 11.2. The molecule has 1 unspecified atom stereocenters. The Kier molecular flexibility index (Phi) is 8.06.